The van der Waals surface area contributed by atoms with Crippen LogP contribution < -0.4 is 0 Å². The monoisotopic (exact) mass is 475 g/mol. The van der Waals surface area contributed by atoms with Crippen molar-refractivity contribution in [1.82, 2.24) is 0 Å². The van der Waals surface area contributed by atoms with Gasteiger partial charge in [-0.1, -0.05) is 13.8 Å². The van der Waals surface area contributed by atoms with Crippen molar-refractivity contribution in [3.8, 4) is 24.3 Å². The highest BCUT2D eigenvalue weighted by Crippen LogP contribution is 2.36. The summed E-state index contributed by atoms with van der Waals surface area (Å²) in [4.78, 5) is 13.6. The molecule has 0 aromatic rings. The van der Waals surface area contributed by atoms with Crippen molar-refractivity contribution in [3.05, 3.63) is 0 Å². The Labute approximate surface area is 211 Å². The third kappa shape index (κ3) is 7.83. The predicted octanol–water partition coefficient (Wildman–Crippen LogP) is 5.94. The van der Waals surface area contributed by atoms with Crippen molar-refractivity contribution in [2.45, 2.75) is 73.1 Å². The molecule has 3 aliphatic rings. The van der Waals surface area contributed by atoms with Crippen LogP contribution in [0.15, 0.2) is 15.0 Å². The Morgan fingerprint density at radius 3 is 1.74 bits per heavy atom. The summed E-state index contributed by atoms with van der Waals surface area (Å²) in [6.45, 7) is 9.96. The van der Waals surface area contributed by atoms with E-state index < -0.39 is 0 Å². The molecule has 3 aliphatic heterocycles. The molecule has 0 aromatic carbocycles. The molecule has 35 heavy (non-hydrogen) atoms. The lowest BCUT2D eigenvalue weighted by molar-refractivity contribution is 0.403. The van der Waals surface area contributed by atoms with Crippen molar-refractivity contribution < 1.29 is 1.43 Å². The molecular formula is C27H38N8. The first-order valence-electron chi connectivity index (χ1n) is 12.5. The van der Waals surface area contributed by atoms with Gasteiger partial charge >= 0.3 is 0 Å². The van der Waals surface area contributed by atoms with Gasteiger partial charge in [0.05, 0.1) is 24.3 Å². The van der Waals surface area contributed by atoms with Gasteiger partial charge in [0, 0.05) is 48.6 Å². The Morgan fingerprint density at radius 1 is 0.771 bits per heavy atom. The quantitative estimate of drug-likeness (QED) is 0.504. The molecule has 8 heteroatoms. The van der Waals surface area contributed by atoms with Crippen LogP contribution in [0.25, 0.3) is 0 Å². The molecule has 8 unspecified atom stereocenters. The van der Waals surface area contributed by atoms with Crippen LogP contribution in [-0.4, -0.2) is 23.2 Å². The zero-order chi connectivity index (χ0) is 26.1. The van der Waals surface area contributed by atoms with Gasteiger partial charge in [-0.3, -0.25) is 5.41 Å². The van der Waals surface area contributed by atoms with E-state index in [-0.39, 0.29) is 31.0 Å². The smallest absolute Gasteiger partial charge is 0.135 e. The molecule has 1 N–H and O–H groups in total. The number of hydrogen-bond acceptors (Lipinski definition) is 7. The van der Waals surface area contributed by atoms with Crippen LogP contribution in [0.3, 0.4) is 0 Å². The number of rotatable bonds is 6. The fourth-order valence-electron chi connectivity index (χ4n) is 4.86. The van der Waals surface area contributed by atoms with E-state index in [1.807, 2.05) is 0 Å². The fraction of sp³-hybridized carbons (Fsp3) is 0.704. The van der Waals surface area contributed by atoms with E-state index in [9.17, 15) is 0 Å². The minimum atomic E-state index is -0.278. The van der Waals surface area contributed by atoms with Crippen LogP contribution >= 0.6 is 0 Å². The largest absolute Gasteiger partial charge is 0.286 e. The SMILES string of the molecule is CC(C#N)CC(C#N)CC(C#N)CC(C)C#N.CC1=NC2=NC3=NC(=N)C(C)CC3CC2CC1C.[2HH]. The molecule has 0 bridgehead atoms. The number of nitrogens with one attached hydrogen (secondary N) is 1. The van der Waals surface area contributed by atoms with Crippen LogP contribution in [0.1, 0.15) is 74.6 Å². The van der Waals surface area contributed by atoms with Crippen LogP contribution in [0, 0.1) is 98.1 Å². The van der Waals surface area contributed by atoms with Gasteiger partial charge in [0.15, 0.2) is 0 Å². The number of fused-ring (bicyclic) bond motifs is 2. The molecule has 186 valence electrons. The van der Waals surface area contributed by atoms with Crippen LogP contribution in [0.4, 0.5) is 0 Å². The van der Waals surface area contributed by atoms with E-state index >= 15 is 0 Å². The Kier molecular flexibility index (Phi) is 10.3. The van der Waals surface area contributed by atoms with Gasteiger partial charge in [-0.25, -0.2) is 15.0 Å². The number of amidine groups is 3. The summed E-state index contributed by atoms with van der Waals surface area (Å²) in [6, 6.07) is 8.45. The Balaban J connectivity index is 0.000000352. The van der Waals surface area contributed by atoms with Gasteiger partial charge in [0.1, 0.15) is 17.5 Å². The third-order valence-electron chi connectivity index (χ3n) is 7.16. The zero-order valence-electron chi connectivity index (χ0n) is 21.5. The second-order valence-electron chi connectivity index (χ2n) is 10.4. The van der Waals surface area contributed by atoms with Gasteiger partial charge in [0.25, 0.3) is 0 Å². The number of aliphatic imine (C=N–C) groups is 3. The van der Waals surface area contributed by atoms with Crippen LogP contribution in [-0.2, 0) is 0 Å². The first kappa shape index (κ1) is 27.9. The molecule has 8 atom stereocenters. The molecule has 0 spiro atoms. The molecule has 8 nitrogen and oxygen atoms in total. The van der Waals surface area contributed by atoms with E-state index in [0.717, 1.165) is 24.5 Å². The Hall–Kier alpha value is -3.36. The summed E-state index contributed by atoms with van der Waals surface area (Å²) >= 11 is 0. The standard InChI is InChI=1S/C14H20N4.C13H16N4.H2/c1-7-4-10-6-11-5-8(2)12(15)17-14(11)18-13(10)16-9(7)3;1-10(6-14)3-12(8-16)5-13(9-17)4-11(2)7-15;/h7-8,10-11,15H,4-6H2,1-3H3;10-13H,3-5H2,1-2H3;1H/i;;1+1. The van der Waals surface area contributed by atoms with E-state index in [2.05, 4.69) is 60.0 Å². The summed E-state index contributed by atoms with van der Waals surface area (Å²) < 4.78 is 0. The second-order valence-corrected chi connectivity index (χ2v) is 10.4. The summed E-state index contributed by atoms with van der Waals surface area (Å²) in [5.74, 6) is 3.21. The average Bonchev–Trinajstić information content (AvgIpc) is 2.83. The van der Waals surface area contributed by atoms with Crippen molar-refractivity contribution in [2.75, 3.05) is 0 Å². The number of nitrogens with zero attached hydrogens (tertiary/aromatic N) is 7. The summed E-state index contributed by atoms with van der Waals surface area (Å²) in [5, 5.41) is 43.1. The normalized spacial score (nSPS) is 28.1. The Morgan fingerprint density at radius 2 is 1.26 bits per heavy atom. The molecule has 0 aromatic heterocycles. The van der Waals surface area contributed by atoms with E-state index in [1.165, 1.54) is 12.1 Å². The predicted molar refractivity (Wildman–Crippen MR) is 139 cm³/mol. The van der Waals surface area contributed by atoms with Gasteiger partial charge in [0.2, 0.25) is 0 Å². The number of nitriles is 4. The second kappa shape index (κ2) is 12.9. The lowest BCUT2D eigenvalue weighted by atomic mass is 9.77. The van der Waals surface area contributed by atoms with Crippen molar-refractivity contribution >= 4 is 23.2 Å². The zero-order valence-corrected chi connectivity index (χ0v) is 21.5. The minimum Gasteiger partial charge on any atom is -0.286 e. The van der Waals surface area contributed by atoms with Crippen molar-refractivity contribution in [3.63, 3.8) is 0 Å². The molecule has 0 saturated carbocycles. The topological polar surface area (TPSA) is 156 Å². The van der Waals surface area contributed by atoms with E-state index in [0.29, 0.717) is 42.9 Å². The van der Waals surface area contributed by atoms with Crippen molar-refractivity contribution in [1.29, 1.82) is 26.5 Å². The highest BCUT2D eigenvalue weighted by Gasteiger charge is 2.37. The van der Waals surface area contributed by atoms with Gasteiger partial charge in [-0.2, -0.15) is 21.0 Å². The third-order valence-corrected chi connectivity index (χ3v) is 7.16. The van der Waals surface area contributed by atoms with Crippen LogP contribution in [0.5, 0.6) is 0 Å². The summed E-state index contributed by atoms with van der Waals surface area (Å²) in [5.41, 5.74) is 1.18. The first-order valence-corrected chi connectivity index (χ1v) is 12.5. The lowest BCUT2D eigenvalue weighted by Gasteiger charge is -2.35. The molecule has 0 aliphatic carbocycles. The highest BCUT2D eigenvalue weighted by molar-refractivity contribution is 6.11. The first-order chi connectivity index (χ1) is 16.6. The average molecular weight is 476 g/mol. The minimum absolute atomic E-state index is 0. The molecule has 0 radical (unpaired) electrons. The van der Waals surface area contributed by atoms with E-state index in [1.54, 1.807) is 13.8 Å². The van der Waals surface area contributed by atoms with Gasteiger partial charge in [-0.05, 0) is 65.2 Å². The highest BCUT2D eigenvalue weighted by atomic mass is 15.1. The summed E-state index contributed by atoms with van der Waals surface area (Å²) in [6.07, 6.45) is 4.76. The van der Waals surface area contributed by atoms with Gasteiger partial charge in [-0.15, -0.1) is 0 Å². The Bertz CT molecular complexity index is 1010. The molecule has 3 heterocycles. The van der Waals surface area contributed by atoms with Crippen molar-refractivity contribution in [2.24, 2.45) is 62.3 Å². The molecule has 3 rings (SSSR count). The molecular weight excluding hydrogens is 436 g/mol. The molecule has 0 amide bonds. The van der Waals surface area contributed by atoms with E-state index in [4.69, 9.17) is 26.5 Å². The molecule has 0 fully saturated rings. The molecule has 0 saturated heterocycles. The lowest BCUT2D eigenvalue weighted by Crippen LogP contribution is -2.37. The maximum absolute atomic E-state index is 8.97. The van der Waals surface area contributed by atoms with Crippen LogP contribution in [0.2, 0.25) is 0 Å². The fourth-order valence-corrected chi connectivity index (χ4v) is 4.86. The number of hydrogen-bond donors (Lipinski definition) is 1. The van der Waals surface area contributed by atoms with Gasteiger partial charge < -0.3 is 0 Å². The maximum atomic E-state index is 8.97. The maximum Gasteiger partial charge on any atom is 0.135 e. The summed E-state index contributed by atoms with van der Waals surface area (Å²) in [7, 11) is 0.